The van der Waals surface area contributed by atoms with Crippen molar-refractivity contribution in [3.05, 3.63) is 78.2 Å². The van der Waals surface area contributed by atoms with Crippen LogP contribution >= 0.6 is 0 Å². The Kier molecular flexibility index (Phi) is 3.90. The molecule has 3 aromatic carbocycles. The van der Waals surface area contributed by atoms with Crippen LogP contribution in [0.3, 0.4) is 0 Å². The number of rotatable bonds is 3. The maximum atomic E-state index is 12.5. The molecule has 0 aliphatic carbocycles. The van der Waals surface area contributed by atoms with E-state index in [1.165, 1.54) is 0 Å². The van der Waals surface area contributed by atoms with Crippen LogP contribution in [-0.4, -0.2) is 22.7 Å². The second-order valence-corrected chi connectivity index (χ2v) is 6.33. The lowest BCUT2D eigenvalue weighted by atomic mass is 10.1. The number of anilines is 1. The minimum absolute atomic E-state index is 0.00983. The Bertz CT molecular complexity index is 1170. The summed E-state index contributed by atoms with van der Waals surface area (Å²) in [6, 6.07) is 20.7. The molecule has 7 heteroatoms. The largest absolute Gasteiger partial charge is 0.485 e. The van der Waals surface area contributed by atoms with Gasteiger partial charge in [0.1, 0.15) is 6.61 Å². The van der Waals surface area contributed by atoms with Gasteiger partial charge in [0.05, 0.1) is 0 Å². The third-order valence-corrected chi connectivity index (χ3v) is 4.46. The van der Waals surface area contributed by atoms with Crippen molar-refractivity contribution in [3.63, 3.8) is 0 Å². The van der Waals surface area contributed by atoms with Crippen molar-refractivity contribution in [2.24, 2.45) is 0 Å². The Morgan fingerprint density at radius 1 is 0.929 bits per heavy atom. The van der Waals surface area contributed by atoms with E-state index in [2.05, 4.69) is 15.5 Å². The highest BCUT2D eigenvalue weighted by Crippen LogP contribution is 2.35. The number of ether oxygens (including phenoxy) is 2. The van der Waals surface area contributed by atoms with E-state index in [1.807, 2.05) is 54.6 Å². The van der Waals surface area contributed by atoms with E-state index in [9.17, 15) is 4.79 Å². The van der Waals surface area contributed by atoms with Crippen LogP contribution in [0.4, 0.5) is 6.01 Å². The molecule has 138 valence electrons. The molecule has 0 bridgehead atoms. The highest BCUT2D eigenvalue weighted by Gasteiger charge is 2.27. The number of hydrogen-bond acceptors (Lipinski definition) is 6. The van der Waals surface area contributed by atoms with Crippen LogP contribution in [0.1, 0.15) is 22.4 Å². The molecular formula is C21H15N3O4. The molecule has 28 heavy (non-hydrogen) atoms. The Labute approximate surface area is 159 Å². The van der Waals surface area contributed by atoms with Gasteiger partial charge in [-0.3, -0.25) is 10.1 Å². The van der Waals surface area contributed by atoms with E-state index in [0.29, 0.717) is 17.1 Å². The Hall–Kier alpha value is -3.87. The third kappa shape index (κ3) is 3.03. The fourth-order valence-corrected chi connectivity index (χ4v) is 3.06. The molecule has 0 saturated carbocycles. The highest BCUT2D eigenvalue weighted by atomic mass is 16.6. The maximum Gasteiger partial charge on any atom is 0.322 e. The number of nitrogens with one attached hydrogen (secondary N) is 1. The fourth-order valence-electron chi connectivity index (χ4n) is 3.06. The van der Waals surface area contributed by atoms with E-state index in [0.717, 1.165) is 10.8 Å². The normalized spacial score (nSPS) is 15.4. The zero-order valence-electron chi connectivity index (χ0n) is 14.7. The van der Waals surface area contributed by atoms with Crippen LogP contribution in [0.2, 0.25) is 0 Å². The number of fused-ring (bicyclic) bond motifs is 2. The number of carbonyl (C=O) groups is 1. The summed E-state index contributed by atoms with van der Waals surface area (Å²) in [5.74, 6) is 1.19. The van der Waals surface area contributed by atoms with Gasteiger partial charge in [0.15, 0.2) is 11.5 Å². The molecule has 1 atom stereocenters. The van der Waals surface area contributed by atoms with Crippen molar-refractivity contribution in [1.82, 2.24) is 10.2 Å². The molecule has 5 rings (SSSR count). The number of benzene rings is 3. The Morgan fingerprint density at radius 2 is 1.71 bits per heavy atom. The van der Waals surface area contributed by atoms with Gasteiger partial charge in [-0.1, -0.05) is 47.6 Å². The van der Waals surface area contributed by atoms with Gasteiger partial charge in [-0.2, -0.15) is 0 Å². The zero-order chi connectivity index (χ0) is 18.9. The smallest absolute Gasteiger partial charge is 0.322 e. The summed E-state index contributed by atoms with van der Waals surface area (Å²) in [7, 11) is 0. The van der Waals surface area contributed by atoms with Crippen molar-refractivity contribution < 1.29 is 18.7 Å². The van der Waals surface area contributed by atoms with E-state index < -0.39 is 6.10 Å². The first-order chi connectivity index (χ1) is 13.8. The fraction of sp³-hybridized carbons (Fsp3) is 0.0952. The highest BCUT2D eigenvalue weighted by molar-refractivity contribution is 6.05. The van der Waals surface area contributed by atoms with Crippen molar-refractivity contribution in [3.8, 4) is 11.5 Å². The number of hydrogen-bond donors (Lipinski definition) is 1. The molecule has 0 fully saturated rings. The van der Waals surface area contributed by atoms with Gasteiger partial charge in [-0.25, -0.2) is 0 Å². The summed E-state index contributed by atoms with van der Waals surface area (Å²) < 4.78 is 17.0. The molecule has 2 heterocycles. The lowest BCUT2D eigenvalue weighted by Gasteiger charge is -2.23. The second-order valence-electron chi connectivity index (χ2n) is 6.33. The minimum atomic E-state index is -0.534. The van der Waals surface area contributed by atoms with Gasteiger partial charge in [0, 0.05) is 5.56 Å². The molecule has 1 amide bonds. The van der Waals surface area contributed by atoms with Crippen molar-refractivity contribution >= 4 is 22.7 Å². The molecule has 0 unspecified atom stereocenters. The van der Waals surface area contributed by atoms with E-state index >= 15 is 0 Å². The van der Waals surface area contributed by atoms with Gasteiger partial charge in [-0.15, -0.1) is 5.10 Å². The van der Waals surface area contributed by atoms with Crippen LogP contribution < -0.4 is 14.8 Å². The zero-order valence-corrected chi connectivity index (χ0v) is 14.7. The predicted molar refractivity (Wildman–Crippen MR) is 102 cm³/mol. The number of nitrogens with zero attached hydrogens (tertiary/aromatic N) is 2. The third-order valence-electron chi connectivity index (χ3n) is 4.46. The first-order valence-corrected chi connectivity index (χ1v) is 8.78. The number of aromatic nitrogens is 2. The molecule has 1 aliphatic heterocycles. The SMILES string of the molecule is O=C(Nc1nnc([C@@H]2COc3ccccc3O2)o1)c1ccc2ccccc2c1. The van der Waals surface area contributed by atoms with Gasteiger partial charge in [0.25, 0.3) is 11.8 Å². The molecule has 1 aliphatic rings. The predicted octanol–water partition coefficient (Wildman–Crippen LogP) is 3.99. The van der Waals surface area contributed by atoms with Crippen LogP contribution in [0.5, 0.6) is 11.5 Å². The molecule has 0 spiro atoms. The van der Waals surface area contributed by atoms with Gasteiger partial charge < -0.3 is 13.9 Å². The molecular weight excluding hydrogens is 358 g/mol. The van der Waals surface area contributed by atoms with E-state index in [-0.39, 0.29) is 24.4 Å². The Balaban J connectivity index is 1.31. The van der Waals surface area contributed by atoms with E-state index in [1.54, 1.807) is 12.1 Å². The second kappa shape index (κ2) is 6.70. The quantitative estimate of drug-likeness (QED) is 0.584. The van der Waals surface area contributed by atoms with Crippen LogP contribution in [0, 0.1) is 0 Å². The Morgan fingerprint density at radius 3 is 2.61 bits per heavy atom. The van der Waals surface area contributed by atoms with Crippen molar-refractivity contribution in [1.29, 1.82) is 0 Å². The summed E-state index contributed by atoms with van der Waals surface area (Å²) in [6.07, 6.45) is -0.534. The van der Waals surface area contributed by atoms with Gasteiger partial charge >= 0.3 is 6.01 Å². The monoisotopic (exact) mass is 373 g/mol. The van der Waals surface area contributed by atoms with Gasteiger partial charge in [-0.05, 0) is 35.0 Å². The van der Waals surface area contributed by atoms with Crippen molar-refractivity contribution in [2.75, 3.05) is 11.9 Å². The summed E-state index contributed by atoms with van der Waals surface area (Å²) in [5.41, 5.74) is 0.504. The lowest BCUT2D eigenvalue weighted by Crippen LogP contribution is -2.21. The maximum absolute atomic E-state index is 12.5. The van der Waals surface area contributed by atoms with Crippen LogP contribution in [0.15, 0.2) is 71.1 Å². The van der Waals surface area contributed by atoms with Gasteiger partial charge in [0.2, 0.25) is 6.10 Å². The molecule has 0 saturated heterocycles. The molecule has 4 aromatic rings. The van der Waals surface area contributed by atoms with Crippen molar-refractivity contribution in [2.45, 2.75) is 6.10 Å². The molecule has 1 aromatic heterocycles. The number of amides is 1. The molecule has 7 nitrogen and oxygen atoms in total. The summed E-state index contributed by atoms with van der Waals surface area (Å²) in [6.45, 7) is 0.247. The standard InChI is InChI=1S/C21H15N3O4/c25-19(15-10-9-13-5-1-2-6-14(13)11-15)22-21-24-23-20(28-21)18-12-26-16-7-3-4-8-17(16)27-18/h1-11,18H,12H2,(H,22,24,25)/t18-/m0/s1. The minimum Gasteiger partial charge on any atom is -0.485 e. The number of carbonyl (C=O) groups excluding carboxylic acids is 1. The van der Waals surface area contributed by atoms with E-state index in [4.69, 9.17) is 13.9 Å². The topological polar surface area (TPSA) is 86.5 Å². The summed E-state index contributed by atoms with van der Waals surface area (Å²) in [5, 5.41) is 12.5. The van der Waals surface area contributed by atoms with Crippen LogP contribution in [0.25, 0.3) is 10.8 Å². The average molecular weight is 373 g/mol. The lowest BCUT2D eigenvalue weighted by molar-refractivity contribution is 0.0716. The number of para-hydroxylation sites is 2. The summed E-state index contributed by atoms with van der Waals surface area (Å²) in [4.78, 5) is 12.5. The molecule has 0 radical (unpaired) electrons. The summed E-state index contributed by atoms with van der Waals surface area (Å²) >= 11 is 0. The van der Waals surface area contributed by atoms with Crippen LogP contribution in [-0.2, 0) is 0 Å². The first kappa shape index (κ1) is 16.3. The first-order valence-electron chi connectivity index (χ1n) is 8.78. The molecule has 1 N–H and O–H groups in total. The average Bonchev–Trinajstić information content (AvgIpc) is 3.21.